The van der Waals surface area contributed by atoms with Gasteiger partial charge in [-0.1, -0.05) is 13.2 Å². The summed E-state index contributed by atoms with van der Waals surface area (Å²) < 4.78 is 0.757. The van der Waals surface area contributed by atoms with E-state index in [0.29, 0.717) is 0 Å². The number of allylic oxidation sites excluding steroid dienone is 1. The molecule has 0 aromatic rings. The Morgan fingerprint density at radius 2 is 2.25 bits per heavy atom. The normalized spacial score (nSPS) is 11.0. The van der Waals surface area contributed by atoms with Crippen molar-refractivity contribution >= 4 is 20.6 Å². The minimum atomic E-state index is 0.757. The van der Waals surface area contributed by atoms with E-state index in [9.17, 15) is 0 Å². The van der Waals surface area contributed by atoms with Crippen LogP contribution in [0.3, 0.4) is 0 Å². The molecule has 0 fully saturated rings. The van der Waals surface area contributed by atoms with E-state index in [0.717, 1.165) is 10.2 Å². The van der Waals surface area contributed by atoms with Gasteiger partial charge in [0.05, 0.1) is 0 Å². The number of aliphatic imine (C=N–C) groups is 1. The number of hydrogen-bond donors (Lipinski definition) is 0. The van der Waals surface area contributed by atoms with Crippen molar-refractivity contribution in [2.75, 3.05) is 0 Å². The van der Waals surface area contributed by atoms with Crippen LogP contribution in [-0.2, 0) is 0 Å². The molecule has 0 heterocycles. The lowest BCUT2D eigenvalue weighted by Crippen LogP contribution is -1.82. The molecule has 0 aliphatic carbocycles. The third kappa shape index (κ3) is 2.75. The largest absolute Gasteiger partial charge is 0.250 e. The van der Waals surface area contributed by atoms with Crippen LogP contribution in [0.1, 0.15) is 6.92 Å². The van der Waals surface area contributed by atoms with Crippen LogP contribution < -0.4 is 0 Å². The first-order valence-electron chi connectivity index (χ1n) is 2.18. The minimum Gasteiger partial charge on any atom is -0.250 e. The van der Waals surface area contributed by atoms with Crippen LogP contribution in [0, 0.1) is 0 Å². The van der Waals surface area contributed by atoms with E-state index in [1.165, 1.54) is 6.20 Å². The molecule has 1 nitrogen and oxygen atoms in total. The van der Waals surface area contributed by atoms with Crippen LogP contribution in [-0.4, -0.2) is 4.62 Å². The van der Waals surface area contributed by atoms with Crippen molar-refractivity contribution in [1.29, 1.82) is 0 Å². The molecule has 0 spiro atoms. The molecule has 0 unspecified atom stereocenters. The molecule has 0 aliphatic rings. The van der Waals surface area contributed by atoms with E-state index in [4.69, 9.17) is 0 Å². The number of nitrogens with zero attached hydrogens (tertiary/aromatic N) is 1. The van der Waals surface area contributed by atoms with Gasteiger partial charge in [-0.15, -0.1) is 0 Å². The van der Waals surface area contributed by atoms with Crippen LogP contribution in [0.2, 0.25) is 0 Å². The summed E-state index contributed by atoms with van der Waals surface area (Å²) in [5, 5.41) is 0. The molecule has 0 aromatic carbocycles. The average molecular weight is 174 g/mol. The van der Waals surface area contributed by atoms with E-state index in [1.54, 1.807) is 0 Å². The Morgan fingerprint density at radius 3 is 2.38 bits per heavy atom. The van der Waals surface area contributed by atoms with Gasteiger partial charge in [0.1, 0.15) is 4.62 Å². The van der Waals surface area contributed by atoms with Crippen molar-refractivity contribution in [3.8, 4) is 0 Å². The highest BCUT2D eigenvalue weighted by atomic mass is 79.9. The first kappa shape index (κ1) is 7.63. The molecule has 0 atom stereocenters. The maximum Gasteiger partial charge on any atom is 0.108 e. The van der Waals surface area contributed by atoms with Crippen molar-refractivity contribution in [3.05, 3.63) is 24.9 Å². The summed E-state index contributed by atoms with van der Waals surface area (Å²) >= 11 is 3.18. The maximum absolute atomic E-state index is 3.82. The van der Waals surface area contributed by atoms with E-state index in [-0.39, 0.29) is 0 Å². The highest BCUT2D eigenvalue weighted by Crippen LogP contribution is 2.00. The molecular weight excluding hydrogens is 166 g/mol. The number of rotatable bonds is 2. The van der Waals surface area contributed by atoms with Gasteiger partial charge in [0.2, 0.25) is 0 Å². The maximum atomic E-state index is 3.82. The first-order valence-corrected chi connectivity index (χ1v) is 2.98. The fourth-order valence-electron chi connectivity index (χ4n) is 0.190. The van der Waals surface area contributed by atoms with E-state index in [2.05, 4.69) is 34.1 Å². The second-order valence-electron chi connectivity index (χ2n) is 1.38. The topological polar surface area (TPSA) is 12.4 Å². The molecule has 0 aromatic heterocycles. The Morgan fingerprint density at radius 1 is 1.75 bits per heavy atom. The summed E-state index contributed by atoms with van der Waals surface area (Å²) in [7, 11) is 0. The fourth-order valence-corrected chi connectivity index (χ4v) is 0.335. The van der Waals surface area contributed by atoms with Gasteiger partial charge in [-0.05, 0) is 28.4 Å². The summed E-state index contributed by atoms with van der Waals surface area (Å²) in [6.07, 6.45) is 1.47. The highest BCUT2D eigenvalue weighted by Gasteiger charge is 1.87. The van der Waals surface area contributed by atoms with Gasteiger partial charge in [0.15, 0.2) is 0 Å². The Hall–Kier alpha value is -0.370. The summed E-state index contributed by atoms with van der Waals surface area (Å²) in [4.78, 5) is 3.82. The molecule has 2 heteroatoms. The monoisotopic (exact) mass is 173 g/mol. The zero-order chi connectivity index (χ0) is 6.57. The predicted molar refractivity (Wildman–Crippen MR) is 41.4 cm³/mol. The van der Waals surface area contributed by atoms with Gasteiger partial charge < -0.3 is 0 Å². The van der Waals surface area contributed by atoms with Crippen LogP contribution in [0.25, 0.3) is 0 Å². The van der Waals surface area contributed by atoms with E-state index < -0.39 is 0 Å². The molecule has 0 rings (SSSR count). The number of hydrogen-bond acceptors (Lipinski definition) is 1. The molecule has 0 bridgehead atoms. The summed E-state index contributed by atoms with van der Waals surface area (Å²) in [5.74, 6) is 0. The van der Waals surface area contributed by atoms with Gasteiger partial charge in [0, 0.05) is 6.20 Å². The zero-order valence-corrected chi connectivity index (χ0v) is 6.40. The highest BCUT2D eigenvalue weighted by molar-refractivity contribution is 9.18. The Bertz CT molecular complexity index is 135. The van der Waals surface area contributed by atoms with Gasteiger partial charge in [0.25, 0.3) is 0 Å². The van der Waals surface area contributed by atoms with E-state index in [1.807, 2.05) is 6.92 Å². The second kappa shape index (κ2) is 3.61. The summed E-state index contributed by atoms with van der Waals surface area (Å²) in [5.41, 5.74) is 0.907. The second-order valence-corrected chi connectivity index (χ2v) is 2.13. The molecule has 0 saturated carbocycles. The molecule has 0 amide bonds. The summed E-state index contributed by atoms with van der Waals surface area (Å²) in [6.45, 7) is 8.94. The van der Waals surface area contributed by atoms with Gasteiger partial charge in [-0.25, -0.2) is 4.99 Å². The lowest BCUT2D eigenvalue weighted by atomic mass is 10.4. The SMILES string of the molecule is C=CN=C(Br)C(=C)C. The molecule has 0 N–H and O–H groups in total. The van der Waals surface area contributed by atoms with Gasteiger partial charge >= 0.3 is 0 Å². The smallest absolute Gasteiger partial charge is 0.108 e. The van der Waals surface area contributed by atoms with Crippen molar-refractivity contribution in [3.63, 3.8) is 0 Å². The van der Waals surface area contributed by atoms with Crippen molar-refractivity contribution in [2.45, 2.75) is 6.92 Å². The van der Waals surface area contributed by atoms with Crippen molar-refractivity contribution in [1.82, 2.24) is 0 Å². The first-order chi connectivity index (χ1) is 3.68. The van der Waals surface area contributed by atoms with Crippen LogP contribution in [0.4, 0.5) is 0 Å². The van der Waals surface area contributed by atoms with Crippen LogP contribution in [0.15, 0.2) is 29.9 Å². The minimum absolute atomic E-state index is 0.757. The standard InChI is InChI=1S/C6H8BrN/c1-4-8-6(7)5(2)3/h4H,1-2H2,3H3. The quantitative estimate of drug-likeness (QED) is 0.570. The van der Waals surface area contributed by atoms with Crippen molar-refractivity contribution < 1.29 is 0 Å². The number of halogens is 1. The molecular formula is C6H8BrN. The molecule has 44 valence electrons. The third-order valence-electron chi connectivity index (χ3n) is 0.557. The van der Waals surface area contributed by atoms with Crippen LogP contribution >= 0.6 is 15.9 Å². The fraction of sp³-hybridized carbons (Fsp3) is 0.167. The molecule has 0 saturated heterocycles. The summed E-state index contributed by atoms with van der Waals surface area (Å²) in [6, 6.07) is 0. The van der Waals surface area contributed by atoms with Crippen molar-refractivity contribution in [2.24, 2.45) is 4.99 Å². The third-order valence-corrected chi connectivity index (χ3v) is 1.44. The lowest BCUT2D eigenvalue weighted by Gasteiger charge is -1.88. The van der Waals surface area contributed by atoms with E-state index >= 15 is 0 Å². The lowest BCUT2D eigenvalue weighted by molar-refractivity contribution is 1.56. The predicted octanol–water partition coefficient (Wildman–Crippen LogP) is 2.50. The average Bonchev–Trinajstić information content (AvgIpc) is 1.67. The Balaban J connectivity index is 3.99. The molecule has 0 aliphatic heterocycles. The molecule has 8 heavy (non-hydrogen) atoms. The van der Waals surface area contributed by atoms with Crippen LogP contribution in [0.5, 0.6) is 0 Å². The zero-order valence-electron chi connectivity index (χ0n) is 4.82. The molecule has 0 radical (unpaired) electrons. The van der Waals surface area contributed by atoms with Gasteiger partial charge in [-0.3, -0.25) is 0 Å². The van der Waals surface area contributed by atoms with Gasteiger partial charge in [-0.2, -0.15) is 0 Å². The Kier molecular flexibility index (Phi) is 3.44. The Labute approximate surface area is 57.9 Å².